The minimum atomic E-state index is -4.43. The van der Waals surface area contributed by atoms with E-state index in [1.807, 2.05) is 6.07 Å². The summed E-state index contributed by atoms with van der Waals surface area (Å²) in [5.74, 6) is -0.378. The van der Waals surface area contributed by atoms with E-state index in [2.05, 4.69) is 15.6 Å². The lowest BCUT2D eigenvalue weighted by molar-refractivity contribution is -0.137. The van der Waals surface area contributed by atoms with Crippen LogP contribution in [-0.4, -0.2) is 29.6 Å². The Kier molecular flexibility index (Phi) is 5.61. The van der Waals surface area contributed by atoms with Crippen molar-refractivity contribution >= 4 is 5.91 Å². The van der Waals surface area contributed by atoms with Crippen molar-refractivity contribution in [3.05, 3.63) is 53.2 Å². The summed E-state index contributed by atoms with van der Waals surface area (Å²) in [5.41, 5.74) is 0.754. The molecule has 1 aliphatic heterocycles. The van der Waals surface area contributed by atoms with Crippen molar-refractivity contribution in [2.75, 3.05) is 6.54 Å². The summed E-state index contributed by atoms with van der Waals surface area (Å²) in [6.45, 7) is 0.141. The van der Waals surface area contributed by atoms with E-state index in [-0.39, 0.29) is 31.0 Å². The molecule has 2 aromatic rings. The van der Waals surface area contributed by atoms with Gasteiger partial charge in [0.25, 0.3) is 0 Å². The van der Waals surface area contributed by atoms with Gasteiger partial charge in [0, 0.05) is 31.3 Å². The van der Waals surface area contributed by atoms with Crippen molar-refractivity contribution < 1.29 is 22.4 Å². The fourth-order valence-electron chi connectivity index (χ4n) is 2.93. The lowest BCUT2D eigenvalue weighted by Crippen LogP contribution is -2.40. The van der Waals surface area contributed by atoms with Crippen LogP contribution < -0.4 is 10.6 Å². The van der Waals surface area contributed by atoms with Gasteiger partial charge in [-0.25, -0.2) is 4.39 Å². The second kappa shape index (κ2) is 7.94. The fraction of sp³-hybridized carbons (Fsp3) is 0.316. The molecule has 0 radical (unpaired) electrons. The lowest BCUT2D eigenvalue weighted by atomic mass is 10.0. The first-order chi connectivity index (χ1) is 13.3. The number of hydrogen-bond acceptors (Lipinski definition) is 4. The fourth-order valence-corrected chi connectivity index (χ4v) is 2.93. The molecule has 1 amide bonds. The van der Waals surface area contributed by atoms with Gasteiger partial charge in [-0.1, -0.05) is 12.1 Å². The lowest BCUT2D eigenvalue weighted by Gasteiger charge is -2.13. The quantitative estimate of drug-likeness (QED) is 0.785. The van der Waals surface area contributed by atoms with E-state index in [1.165, 1.54) is 18.3 Å². The number of amides is 1. The summed E-state index contributed by atoms with van der Waals surface area (Å²) in [7, 11) is 0. The first kappa shape index (κ1) is 19.8. The zero-order valence-corrected chi connectivity index (χ0v) is 14.6. The van der Waals surface area contributed by atoms with Crippen LogP contribution in [-0.2, 0) is 17.5 Å². The van der Waals surface area contributed by atoms with Crippen molar-refractivity contribution in [2.45, 2.75) is 31.4 Å². The van der Waals surface area contributed by atoms with Gasteiger partial charge < -0.3 is 10.6 Å². The Hall–Kier alpha value is -2.99. The molecule has 2 N–H and O–H groups in total. The van der Waals surface area contributed by atoms with Crippen molar-refractivity contribution in [3.8, 4) is 17.3 Å². The van der Waals surface area contributed by atoms with Crippen LogP contribution in [0.3, 0.4) is 0 Å². The monoisotopic (exact) mass is 392 g/mol. The SMILES string of the molecule is N#Cc1cnc(-c2ccc(C(F)(F)F)cc2)cc1CNC(=O)[C@H]1C[C@@H](F)CN1. The molecule has 1 saturated heterocycles. The number of pyridine rings is 1. The molecule has 3 rings (SSSR count). The average Bonchev–Trinajstić information content (AvgIpc) is 3.11. The summed E-state index contributed by atoms with van der Waals surface area (Å²) in [6, 6.07) is 7.38. The number of nitrogens with zero attached hydrogens (tertiary/aromatic N) is 2. The Morgan fingerprint density at radius 2 is 2.04 bits per heavy atom. The summed E-state index contributed by atoms with van der Waals surface area (Å²) in [6.07, 6.45) is -4.11. The number of nitriles is 1. The summed E-state index contributed by atoms with van der Waals surface area (Å²) >= 11 is 0. The molecule has 9 heteroatoms. The van der Waals surface area contributed by atoms with Crippen LogP contribution in [0.25, 0.3) is 11.3 Å². The minimum Gasteiger partial charge on any atom is -0.351 e. The molecule has 28 heavy (non-hydrogen) atoms. The highest BCUT2D eigenvalue weighted by Gasteiger charge is 2.30. The van der Waals surface area contributed by atoms with Crippen molar-refractivity contribution in [2.24, 2.45) is 0 Å². The first-order valence-electron chi connectivity index (χ1n) is 8.49. The number of rotatable bonds is 4. The zero-order valence-electron chi connectivity index (χ0n) is 14.6. The second-order valence-corrected chi connectivity index (χ2v) is 6.43. The first-order valence-corrected chi connectivity index (χ1v) is 8.49. The van der Waals surface area contributed by atoms with Gasteiger partial charge in [-0.05, 0) is 23.8 Å². The third-order valence-electron chi connectivity index (χ3n) is 4.46. The Balaban J connectivity index is 1.76. The van der Waals surface area contributed by atoms with E-state index in [1.54, 1.807) is 6.07 Å². The van der Waals surface area contributed by atoms with Crippen LogP contribution in [0.1, 0.15) is 23.1 Å². The van der Waals surface area contributed by atoms with Crippen LogP contribution in [0.4, 0.5) is 17.6 Å². The Morgan fingerprint density at radius 1 is 1.32 bits per heavy atom. The molecule has 1 aliphatic rings. The summed E-state index contributed by atoms with van der Waals surface area (Å²) < 4.78 is 51.3. The van der Waals surface area contributed by atoms with E-state index in [9.17, 15) is 27.6 Å². The number of aromatic nitrogens is 1. The molecule has 2 heterocycles. The molecule has 2 atom stereocenters. The van der Waals surface area contributed by atoms with Gasteiger partial charge in [0.1, 0.15) is 12.2 Å². The highest BCUT2D eigenvalue weighted by molar-refractivity contribution is 5.82. The molecule has 1 aromatic carbocycles. The van der Waals surface area contributed by atoms with E-state index >= 15 is 0 Å². The van der Waals surface area contributed by atoms with E-state index in [0.29, 0.717) is 16.8 Å². The van der Waals surface area contributed by atoms with Crippen LogP contribution >= 0.6 is 0 Å². The van der Waals surface area contributed by atoms with Crippen molar-refractivity contribution in [1.82, 2.24) is 15.6 Å². The normalized spacial score (nSPS) is 19.2. The summed E-state index contributed by atoms with van der Waals surface area (Å²) in [4.78, 5) is 16.2. The summed E-state index contributed by atoms with van der Waals surface area (Å²) in [5, 5.41) is 14.6. The standard InChI is InChI=1S/C19H16F4N4O/c20-15-6-17(26-10-15)18(28)27-8-12-5-16(25-9-13(12)7-24)11-1-3-14(4-2-11)19(21,22)23/h1-5,9,15,17,26H,6,8,10H2,(H,27,28)/t15-,17-/m1/s1. The molecule has 0 spiro atoms. The zero-order chi connectivity index (χ0) is 20.3. The predicted octanol–water partition coefficient (Wildman–Crippen LogP) is 2.96. The molecule has 1 fully saturated rings. The van der Waals surface area contributed by atoms with Crippen molar-refractivity contribution in [3.63, 3.8) is 0 Å². The topological polar surface area (TPSA) is 77.8 Å². The minimum absolute atomic E-state index is 0.0208. The molecular weight excluding hydrogens is 376 g/mol. The van der Waals surface area contributed by atoms with E-state index in [0.717, 1.165) is 12.1 Å². The van der Waals surface area contributed by atoms with E-state index in [4.69, 9.17) is 0 Å². The number of hydrogen-bond donors (Lipinski definition) is 2. The molecule has 0 saturated carbocycles. The van der Waals surface area contributed by atoms with Crippen LogP contribution in [0.5, 0.6) is 0 Å². The van der Waals surface area contributed by atoms with Crippen LogP contribution in [0, 0.1) is 11.3 Å². The van der Waals surface area contributed by atoms with Gasteiger partial charge in [-0.2, -0.15) is 18.4 Å². The number of alkyl halides is 4. The number of nitrogens with one attached hydrogen (secondary N) is 2. The number of carbonyl (C=O) groups excluding carboxylic acids is 1. The maximum atomic E-state index is 13.2. The molecule has 146 valence electrons. The number of halogens is 4. The van der Waals surface area contributed by atoms with Crippen molar-refractivity contribution in [1.29, 1.82) is 5.26 Å². The average molecular weight is 392 g/mol. The molecule has 0 aliphatic carbocycles. The Labute approximate surface area is 158 Å². The maximum absolute atomic E-state index is 13.2. The third kappa shape index (κ3) is 4.46. The molecule has 0 bridgehead atoms. The number of carbonyl (C=O) groups is 1. The Morgan fingerprint density at radius 3 is 2.61 bits per heavy atom. The molecule has 1 aromatic heterocycles. The van der Waals surface area contributed by atoms with Gasteiger partial charge in [-0.15, -0.1) is 0 Å². The van der Waals surface area contributed by atoms with Gasteiger partial charge >= 0.3 is 6.18 Å². The largest absolute Gasteiger partial charge is 0.416 e. The van der Waals surface area contributed by atoms with Gasteiger partial charge in [-0.3, -0.25) is 9.78 Å². The van der Waals surface area contributed by atoms with Gasteiger partial charge in [0.2, 0.25) is 5.91 Å². The maximum Gasteiger partial charge on any atom is 0.416 e. The Bertz CT molecular complexity index is 906. The molecule has 5 nitrogen and oxygen atoms in total. The van der Waals surface area contributed by atoms with Gasteiger partial charge in [0.15, 0.2) is 0 Å². The van der Waals surface area contributed by atoms with Crippen LogP contribution in [0.2, 0.25) is 0 Å². The number of benzene rings is 1. The second-order valence-electron chi connectivity index (χ2n) is 6.43. The predicted molar refractivity (Wildman–Crippen MR) is 92.5 cm³/mol. The molecule has 0 unspecified atom stereocenters. The van der Waals surface area contributed by atoms with E-state index < -0.39 is 24.0 Å². The third-order valence-corrected chi connectivity index (χ3v) is 4.46. The highest BCUT2D eigenvalue weighted by Crippen LogP contribution is 2.30. The highest BCUT2D eigenvalue weighted by atomic mass is 19.4. The van der Waals surface area contributed by atoms with Gasteiger partial charge in [0.05, 0.1) is 22.9 Å². The van der Waals surface area contributed by atoms with Crippen LogP contribution in [0.15, 0.2) is 36.5 Å². The smallest absolute Gasteiger partial charge is 0.351 e. The molecular formula is C19H16F4N4O.